The first-order valence-corrected chi connectivity index (χ1v) is 10.2. The van der Waals surface area contributed by atoms with Crippen LogP contribution in [-0.2, 0) is 4.79 Å². The second kappa shape index (κ2) is 7.84. The third kappa shape index (κ3) is 3.71. The number of H-pyrrole nitrogens is 1. The summed E-state index contributed by atoms with van der Waals surface area (Å²) >= 11 is 3.13. The number of thioether (sulfide) groups is 2. The summed E-state index contributed by atoms with van der Waals surface area (Å²) in [6.45, 7) is 0.642. The van der Waals surface area contributed by atoms with E-state index >= 15 is 0 Å². The van der Waals surface area contributed by atoms with Gasteiger partial charge in [0, 0.05) is 17.2 Å². The largest absolute Gasteiger partial charge is 0.355 e. The number of para-hydroxylation sites is 2. The van der Waals surface area contributed by atoms with E-state index in [0.717, 1.165) is 21.9 Å². The number of nitrogens with one attached hydrogen (secondary N) is 2. The number of carbonyl (C=O) groups is 1. The number of aromatic amines is 1. The standard InChI is InChI=1S/C18H17N5OS2/c24-16(19-10-11-25-13-6-2-1-3-7-13)12-26-18-22-21-17-20-14-8-4-5-9-15(14)23(17)18/h1-9H,10-12H2,(H,19,24)(H,20,21). The number of hydrogen-bond acceptors (Lipinski definition) is 5. The minimum absolute atomic E-state index is 0.00392. The molecule has 26 heavy (non-hydrogen) atoms. The molecule has 0 bridgehead atoms. The lowest BCUT2D eigenvalue weighted by atomic mass is 10.3. The monoisotopic (exact) mass is 383 g/mol. The SMILES string of the molecule is O=C(CSc1n[nH]c2nc3ccccc3n12)NCCSc1ccccc1. The number of hydrogen-bond donors (Lipinski definition) is 2. The number of nitrogens with zero attached hydrogens (tertiary/aromatic N) is 3. The molecule has 0 fully saturated rings. The Labute approximate surface area is 158 Å². The minimum atomic E-state index is 0.00392. The van der Waals surface area contributed by atoms with Gasteiger partial charge in [-0.15, -0.1) is 16.9 Å². The first-order valence-electron chi connectivity index (χ1n) is 8.20. The van der Waals surface area contributed by atoms with Gasteiger partial charge in [0.1, 0.15) is 0 Å². The van der Waals surface area contributed by atoms with Gasteiger partial charge in [-0.1, -0.05) is 42.1 Å². The predicted octanol–water partition coefficient (Wildman–Crippen LogP) is 3.21. The lowest BCUT2D eigenvalue weighted by Crippen LogP contribution is -2.27. The molecule has 0 atom stereocenters. The number of amides is 1. The van der Waals surface area contributed by atoms with E-state index in [2.05, 4.69) is 32.6 Å². The Bertz CT molecular complexity index is 1030. The maximum Gasteiger partial charge on any atom is 0.231 e. The Kier molecular flexibility index (Phi) is 5.12. The zero-order valence-electron chi connectivity index (χ0n) is 13.9. The Balaban J connectivity index is 1.30. The lowest BCUT2D eigenvalue weighted by Gasteiger charge is -2.04. The molecule has 132 valence electrons. The van der Waals surface area contributed by atoms with E-state index in [0.29, 0.717) is 18.1 Å². The van der Waals surface area contributed by atoms with Gasteiger partial charge in [0.2, 0.25) is 11.7 Å². The van der Waals surface area contributed by atoms with Crippen molar-refractivity contribution in [2.45, 2.75) is 10.1 Å². The Morgan fingerprint density at radius 1 is 1.08 bits per heavy atom. The van der Waals surface area contributed by atoms with Crippen molar-refractivity contribution in [2.24, 2.45) is 0 Å². The fourth-order valence-corrected chi connectivity index (χ4v) is 4.17. The van der Waals surface area contributed by atoms with Gasteiger partial charge in [-0.3, -0.25) is 9.20 Å². The van der Waals surface area contributed by atoms with Crippen LogP contribution in [0.15, 0.2) is 64.6 Å². The molecule has 0 aliphatic carbocycles. The van der Waals surface area contributed by atoms with Crippen LogP contribution in [0, 0.1) is 0 Å². The minimum Gasteiger partial charge on any atom is -0.355 e. The van der Waals surface area contributed by atoms with E-state index in [9.17, 15) is 4.79 Å². The molecular weight excluding hydrogens is 366 g/mol. The highest BCUT2D eigenvalue weighted by Gasteiger charge is 2.13. The van der Waals surface area contributed by atoms with Gasteiger partial charge in [-0.05, 0) is 24.3 Å². The average Bonchev–Trinajstić information content (AvgIpc) is 3.24. The highest BCUT2D eigenvalue weighted by molar-refractivity contribution is 7.99. The molecule has 2 heterocycles. The zero-order chi connectivity index (χ0) is 17.8. The second-order valence-corrected chi connectivity index (χ2v) is 7.68. The number of rotatable bonds is 7. The van der Waals surface area contributed by atoms with E-state index in [1.54, 1.807) is 11.8 Å². The normalized spacial score (nSPS) is 11.2. The highest BCUT2D eigenvalue weighted by atomic mass is 32.2. The molecule has 2 aromatic heterocycles. The molecule has 0 aliphatic rings. The summed E-state index contributed by atoms with van der Waals surface area (Å²) in [6, 6.07) is 18.0. The molecule has 0 aliphatic heterocycles. The summed E-state index contributed by atoms with van der Waals surface area (Å²) in [4.78, 5) is 17.8. The quantitative estimate of drug-likeness (QED) is 0.379. The first kappa shape index (κ1) is 17.0. The van der Waals surface area contributed by atoms with Crippen molar-refractivity contribution in [3.05, 3.63) is 54.6 Å². The molecular formula is C18H17N5OS2. The second-order valence-electron chi connectivity index (χ2n) is 5.57. The number of fused-ring (bicyclic) bond motifs is 3. The maximum absolute atomic E-state index is 12.1. The molecule has 4 aromatic rings. The van der Waals surface area contributed by atoms with Crippen molar-refractivity contribution in [3.63, 3.8) is 0 Å². The molecule has 8 heteroatoms. The Morgan fingerprint density at radius 3 is 2.77 bits per heavy atom. The smallest absolute Gasteiger partial charge is 0.231 e. The van der Waals surface area contributed by atoms with Crippen molar-refractivity contribution >= 4 is 46.2 Å². The third-order valence-electron chi connectivity index (χ3n) is 3.77. The maximum atomic E-state index is 12.1. The summed E-state index contributed by atoms with van der Waals surface area (Å²) in [7, 11) is 0. The fraction of sp³-hybridized carbons (Fsp3) is 0.167. The Morgan fingerprint density at radius 2 is 1.88 bits per heavy atom. The highest BCUT2D eigenvalue weighted by Crippen LogP contribution is 2.22. The molecule has 0 saturated carbocycles. The van der Waals surface area contributed by atoms with Crippen LogP contribution in [0.2, 0.25) is 0 Å². The molecule has 0 unspecified atom stereocenters. The summed E-state index contributed by atoms with van der Waals surface area (Å²) in [5, 5.41) is 10.9. The van der Waals surface area contributed by atoms with Crippen LogP contribution in [-0.4, -0.2) is 43.5 Å². The predicted molar refractivity (Wildman–Crippen MR) is 106 cm³/mol. The van der Waals surface area contributed by atoms with Crippen LogP contribution in [0.4, 0.5) is 0 Å². The summed E-state index contributed by atoms with van der Waals surface area (Å²) in [6.07, 6.45) is 0. The van der Waals surface area contributed by atoms with Crippen LogP contribution in [0.25, 0.3) is 16.8 Å². The molecule has 0 saturated heterocycles. The third-order valence-corrected chi connectivity index (χ3v) is 5.72. The molecule has 2 N–H and O–H groups in total. The summed E-state index contributed by atoms with van der Waals surface area (Å²) < 4.78 is 1.94. The molecule has 1 amide bonds. The number of imidazole rings is 1. The number of carbonyl (C=O) groups excluding carboxylic acids is 1. The molecule has 2 aromatic carbocycles. The topological polar surface area (TPSA) is 75.1 Å². The van der Waals surface area contributed by atoms with Gasteiger partial charge in [0.25, 0.3) is 0 Å². The fourth-order valence-electron chi connectivity index (χ4n) is 2.60. The van der Waals surface area contributed by atoms with Crippen molar-refractivity contribution in [3.8, 4) is 0 Å². The molecule has 4 rings (SSSR count). The van der Waals surface area contributed by atoms with E-state index in [4.69, 9.17) is 0 Å². The summed E-state index contributed by atoms with van der Waals surface area (Å²) in [5.41, 5.74) is 1.89. The number of aromatic nitrogens is 4. The van der Waals surface area contributed by atoms with Crippen LogP contribution < -0.4 is 5.32 Å². The average molecular weight is 384 g/mol. The van der Waals surface area contributed by atoms with Crippen molar-refractivity contribution < 1.29 is 4.79 Å². The summed E-state index contributed by atoms with van der Waals surface area (Å²) in [5.74, 6) is 1.86. The van der Waals surface area contributed by atoms with Crippen LogP contribution in [0.5, 0.6) is 0 Å². The van der Waals surface area contributed by atoms with Crippen LogP contribution in [0.1, 0.15) is 0 Å². The van der Waals surface area contributed by atoms with E-state index in [1.807, 2.05) is 46.9 Å². The van der Waals surface area contributed by atoms with Crippen molar-refractivity contribution in [2.75, 3.05) is 18.1 Å². The van der Waals surface area contributed by atoms with E-state index in [-0.39, 0.29) is 5.91 Å². The van der Waals surface area contributed by atoms with Crippen LogP contribution in [0.3, 0.4) is 0 Å². The van der Waals surface area contributed by atoms with Gasteiger partial charge >= 0.3 is 0 Å². The lowest BCUT2D eigenvalue weighted by molar-refractivity contribution is -0.118. The van der Waals surface area contributed by atoms with Crippen molar-refractivity contribution in [1.82, 2.24) is 24.9 Å². The zero-order valence-corrected chi connectivity index (χ0v) is 15.5. The van der Waals surface area contributed by atoms with Gasteiger partial charge in [0.05, 0.1) is 16.8 Å². The Hall–Kier alpha value is -2.45. The van der Waals surface area contributed by atoms with E-state index < -0.39 is 0 Å². The van der Waals surface area contributed by atoms with Gasteiger partial charge in [0.15, 0.2) is 5.16 Å². The first-order chi connectivity index (χ1) is 12.8. The molecule has 0 radical (unpaired) electrons. The van der Waals surface area contributed by atoms with Gasteiger partial charge in [-0.2, -0.15) is 0 Å². The van der Waals surface area contributed by atoms with Gasteiger partial charge < -0.3 is 5.32 Å². The van der Waals surface area contributed by atoms with Crippen molar-refractivity contribution in [1.29, 1.82) is 0 Å². The number of benzene rings is 2. The molecule has 6 nitrogen and oxygen atoms in total. The molecule has 0 spiro atoms. The van der Waals surface area contributed by atoms with Gasteiger partial charge in [-0.25, -0.2) is 10.1 Å². The van der Waals surface area contributed by atoms with E-state index in [1.165, 1.54) is 16.7 Å². The van der Waals surface area contributed by atoms with Crippen LogP contribution >= 0.6 is 23.5 Å².